The molecule has 1 N–H and O–H groups in total. The van der Waals surface area contributed by atoms with Gasteiger partial charge >= 0.3 is 0 Å². The number of nitrogens with one attached hydrogen (secondary N) is 1. The second kappa shape index (κ2) is 6.62. The Hall–Kier alpha value is -2.67. The molecule has 3 aromatic rings. The molecule has 0 bridgehead atoms. The second-order valence-corrected chi connectivity index (χ2v) is 5.57. The predicted octanol–water partition coefficient (Wildman–Crippen LogP) is 3.76. The van der Waals surface area contributed by atoms with E-state index in [1.807, 2.05) is 24.3 Å². The highest BCUT2D eigenvalue weighted by molar-refractivity contribution is 9.10. The van der Waals surface area contributed by atoms with Crippen LogP contribution in [-0.4, -0.2) is 23.3 Å². The quantitative estimate of drug-likeness (QED) is 0.753. The summed E-state index contributed by atoms with van der Waals surface area (Å²) in [5.74, 6) is 0.544. The number of carbonyl (C=O) groups excluding carboxylic acids is 1. The lowest BCUT2D eigenvalue weighted by molar-refractivity contribution is 0.102. The molecule has 0 unspecified atom stereocenters. The Labute approximate surface area is 140 Å². The molecule has 1 aromatic heterocycles. The monoisotopic (exact) mass is 373 g/mol. The summed E-state index contributed by atoms with van der Waals surface area (Å²) in [6, 6.07) is 14.3. The number of halogens is 1. The number of hydrogen-bond acceptors (Lipinski definition) is 5. The highest BCUT2D eigenvalue weighted by Crippen LogP contribution is 2.26. The van der Waals surface area contributed by atoms with Gasteiger partial charge in [-0.05, 0) is 40.6 Å². The van der Waals surface area contributed by atoms with Gasteiger partial charge in [0.25, 0.3) is 5.91 Å². The van der Waals surface area contributed by atoms with Crippen LogP contribution in [0.15, 0.2) is 57.6 Å². The third kappa shape index (κ3) is 3.40. The zero-order chi connectivity index (χ0) is 16.2. The number of ether oxygens (including phenoxy) is 1. The van der Waals surface area contributed by atoms with E-state index in [1.165, 1.54) is 0 Å². The molecule has 23 heavy (non-hydrogen) atoms. The summed E-state index contributed by atoms with van der Waals surface area (Å²) >= 11 is 3.37. The van der Waals surface area contributed by atoms with Crippen LogP contribution in [0.3, 0.4) is 0 Å². The lowest BCUT2D eigenvalue weighted by Gasteiger charge is -2.05. The van der Waals surface area contributed by atoms with Crippen molar-refractivity contribution in [3.8, 4) is 17.0 Å². The van der Waals surface area contributed by atoms with Crippen LogP contribution < -0.4 is 10.1 Å². The Morgan fingerprint density at radius 2 is 1.96 bits per heavy atom. The summed E-state index contributed by atoms with van der Waals surface area (Å²) in [6.07, 6.45) is 0. The molecule has 2 aromatic carbocycles. The SMILES string of the molecule is COc1cccc(C(=O)Nc2nonc2-c2ccc(Br)cc2)c1. The van der Waals surface area contributed by atoms with Crippen LogP contribution in [0.5, 0.6) is 5.75 Å². The smallest absolute Gasteiger partial charge is 0.257 e. The van der Waals surface area contributed by atoms with Gasteiger partial charge in [-0.2, -0.15) is 0 Å². The Morgan fingerprint density at radius 3 is 2.70 bits per heavy atom. The molecule has 0 aliphatic rings. The van der Waals surface area contributed by atoms with Gasteiger partial charge in [0.1, 0.15) is 5.75 Å². The molecule has 1 amide bonds. The third-order valence-electron chi connectivity index (χ3n) is 3.17. The van der Waals surface area contributed by atoms with E-state index in [2.05, 4.69) is 31.6 Å². The highest BCUT2D eigenvalue weighted by atomic mass is 79.9. The minimum atomic E-state index is -0.321. The molecule has 1 heterocycles. The maximum Gasteiger partial charge on any atom is 0.257 e. The largest absolute Gasteiger partial charge is 0.497 e. The summed E-state index contributed by atoms with van der Waals surface area (Å²) in [5, 5.41) is 10.3. The minimum Gasteiger partial charge on any atom is -0.497 e. The summed E-state index contributed by atoms with van der Waals surface area (Å²) in [5.41, 5.74) is 1.71. The second-order valence-electron chi connectivity index (χ2n) is 4.65. The van der Waals surface area contributed by atoms with Crippen molar-refractivity contribution in [2.45, 2.75) is 0 Å². The Kier molecular flexibility index (Phi) is 4.38. The number of benzene rings is 2. The van der Waals surface area contributed by atoms with E-state index in [0.29, 0.717) is 17.0 Å². The molecule has 0 aliphatic heterocycles. The summed E-state index contributed by atoms with van der Waals surface area (Å²) < 4.78 is 10.8. The lowest BCUT2D eigenvalue weighted by atomic mass is 10.1. The molecule has 0 aliphatic carbocycles. The van der Waals surface area contributed by atoms with Crippen molar-refractivity contribution >= 4 is 27.7 Å². The van der Waals surface area contributed by atoms with Crippen molar-refractivity contribution in [2.24, 2.45) is 0 Å². The number of methoxy groups -OCH3 is 1. The van der Waals surface area contributed by atoms with Gasteiger partial charge in [0.15, 0.2) is 5.69 Å². The van der Waals surface area contributed by atoms with Crippen molar-refractivity contribution in [1.29, 1.82) is 0 Å². The molecule has 6 nitrogen and oxygen atoms in total. The molecule has 7 heteroatoms. The maximum atomic E-state index is 12.3. The van der Waals surface area contributed by atoms with Gasteiger partial charge in [0.2, 0.25) is 5.82 Å². The molecule has 0 saturated heterocycles. The van der Waals surface area contributed by atoms with Crippen molar-refractivity contribution < 1.29 is 14.2 Å². The average molecular weight is 374 g/mol. The van der Waals surface area contributed by atoms with Crippen molar-refractivity contribution in [2.75, 3.05) is 12.4 Å². The van der Waals surface area contributed by atoms with Gasteiger partial charge in [0.05, 0.1) is 7.11 Å². The van der Waals surface area contributed by atoms with E-state index >= 15 is 0 Å². The molecule has 0 spiro atoms. The number of nitrogens with zero attached hydrogens (tertiary/aromatic N) is 2. The predicted molar refractivity (Wildman–Crippen MR) is 88.4 cm³/mol. The molecular weight excluding hydrogens is 362 g/mol. The van der Waals surface area contributed by atoms with Gasteiger partial charge in [-0.25, -0.2) is 4.63 Å². The molecule has 116 valence electrons. The number of aromatic nitrogens is 2. The fourth-order valence-corrected chi connectivity index (χ4v) is 2.28. The normalized spacial score (nSPS) is 10.3. The minimum absolute atomic E-state index is 0.264. The van der Waals surface area contributed by atoms with Crippen molar-refractivity contribution in [3.63, 3.8) is 0 Å². The van der Waals surface area contributed by atoms with Crippen LogP contribution in [0.1, 0.15) is 10.4 Å². The first-order valence-electron chi connectivity index (χ1n) is 6.71. The first kappa shape index (κ1) is 15.2. The molecule has 0 saturated carbocycles. The third-order valence-corrected chi connectivity index (χ3v) is 3.70. The van der Waals surface area contributed by atoms with Gasteiger partial charge in [-0.1, -0.05) is 34.1 Å². The van der Waals surface area contributed by atoms with E-state index in [-0.39, 0.29) is 11.7 Å². The van der Waals surface area contributed by atoms with Crippen molar-refractivity contribution in [3.05, 3.63) is 58.6 Å². The van der Waals surface area contributed by atoms with E-state index in [4.69, 9.17) is 9.37 Å². The summed E-state index contributed by atoms with van der Waals surface area (Å²) in [7, 11) is 1.55. The Morgan fingerprint density at radius 1 is 1.17 bits per heavy atom. The fraction of sp³-hybridized carbons (Fsp3) is 0.0625. The van der Waals surface area contributed by atoms with Crippen LogP contribution in [0, 0.1) is 0 Å². The van der Waals surface area contributed by atoms with Gasteiger partial charge < -0.3 is 10.1 Å². The Balaban J connectivity index is 1.85. The maximum absolute atomic E-state index is 12.3. The number of hydrogen-bond donors (Lipinski definition) is 1. The van der Waals surface area contributed by atoms with Gasteiger partial charge in [-0.3, -0.25) is 4.79 Å². The molecule has 3 rings (SSSR count). The van der Waals surface area contributed by atoms with Crippen LogP contribution in [-0.2, 0) is 0 Å². The number of carbonyl (C=O) groups is 1. The van der Waals surface area contributed by atoms with E-state index < -0.39 is 0 Å². The Bertz CT molecular complexity index is 831. The van der Waals surface area contributed by atoms with Crippen molar-refractivity contribution in [1.82, 2.24) is 10.3 Å². The first-order valence-corrected chi connectivity index (χ1v) is 7.50. The topological polar surface area (TPSA) is 77.2 Å². The lowest BCUT2D eigenvalue weighted by Crippen LogP contribution is -2.12. The standard InChI is InChI=1S/C16H12BrN3O3/c1-22-13-4-2-3-11(9-13)16(21)18-15-14(19-23-20-15)10-5-7-12(17)8-6-10/h2-9H,1H3,(H,18,20,21). The van der Waals surface area contributed by atoms with Crippen LogP contribution in [0.4, 0.5) is 5.82 Å². The van der Waals surface area contributed by atoms with Crippen LogP contribution >= 0.6 is 15.9 Å². The molecule has 0 radical (unpaired) electrons. The zero-order valence-corrected chi connectivity index (χ0v) is 13.7. The van der Waals surface area contributed by atoms with Gasteiger partial charge in [-0.15, -0.1) is 0 Å². The summed E-state index contributed by atoms with van der Waals surface area (Å²) in [6.45, 7) is 0. The molecular formula is C16H12BrN3O3. The average Bonchev–Trinajstić information content (AvgIpc) is 3.03. The van der Waals surface area contributed by atoms with Crippen LogP contribution in [0.2, 0.25) is 0 Å². The highest BCUT2D eigenvalue weighted by Gasteiger charge is 2.16. The zero-order valence-electron chi connectivity index (χ0n) is 12.1. The van der Waals surface area contributed by atoms with E-state index in [1.54, 1.807) is 31.4 Å². The number of anilines is 1. The molecule has 0 atom stereocenters. The van der Waals surface area contributed by atoms with Gasteiger partial charge in [0, 0.05) is 15.6 Å². The van der Waals surface area contributed by atoms with E-state index in [0.717, 1.165) is 10.0 Å². The fourth-order valence-electron chi connectivity index (χ4n) is 2.01. The first-order chi connectivity index (χ1) is 11.2. The molecule has 0 fully saturated rings. The van der Waals surface area contributed by atoms with E-state index in [9.17, 15) is 4.79 Å². The number of rotatable bonds is 4. The number of amides is 1. The van der Waals surface area contributed by atoms with Crippen LogP contribution in [0.25, 0.3) is 11.3 Å². The summed E-state index contributed by atoms with van der Waals surface area (Å²) in [4.78, 5) is 12.3.